The number of para-hydroxylation sites is 1. The van der Waals surface area contributed by atoms with Crippen LogP contribution in [0.5, 0.6) is 0 Å². The monoisotopic (exact) mass is 259 g/mol. The highest BCUT2D eigenvalue weighted by atomic mass is 32.1. The maximum Gasteiger partial charge on any atom is 0.125 e. The van der Waals surface area contributed by atoms with Crippen molar-refractivity contribution in [3.63, 3.8) is 0 Å². The van der Waals surface area contributed by atoms with Gasteiger partial charge in [-0.3, -0.25) is 0 Å². The van der Waals surface area contributed by atoms with Crippen molar-refractivity contribution < 1.29 is 5.11 Å². The van der Waals surface area contributed by atoms with Gasteiger partial charge in [0.2, 0.25) is 0 Å². The molecular formula is C13H13N3OS. The quantitative estimate of drug-likeness (QED) is 0.675. The summed E-state index contributed by atoms with van der Waals surface area (Å²) in [4.78, 5) is 7.66. The molecule has 2 aromatic heterocycles. The molecule has 0 saturated heterocycles. The zero-order chi connectivity index (χ0) is 12.5. The SMILES string of the molecule is NCC(O)c1csc(-c2c[nH]c3ccccc23)n1. The molecule has 4 nitrogen and oxygen atoms in total. The molecule has 4 N–H and O–H groups in total. The number of aromatic amines is 1. The lowest BCUT2D eigenvalue weighted by atomic mass is 10.2. The van der Waals surface area contributed by atoms with Gasteiger partial charge in [-0.1, -0.05) is 18.2 Å². The van der Waals surface area contributed by atoms with E-state index in [0.717, 1.165) is 21.5 Å². The maximum absolute atomic E-state index is 9.66. The highest BCUT2D eigenvalue weighted by Gasteiger charge is 2.13. The molecule has 0 radical (unpaired) electrons. The predicted molar refractivity (Wildman–Crippen MR) is 73.4 cm³/mol. The zero-order valence-electron chi connectivity index (χ0n) is 9.63. The Morgan fingerprint density at radius 1 is 1.39 bits per heavy atom. The molecule has 18 heavy (non-hydrogen) atoms. The van der Waals surface area contributed by atoms with E-state index in [9.17, 15) is 5.11 Å². The van der Waals surface area contributed by atoms with Gasteiger partial charge in [0.05, 0.1) is 5.69 Å². The van der Waals surface area contributed by atoms with Crippen molar-refractivity contribution in [2.45, 2.75) is 6.10 Å². The van der Waals surface area contributed by atoms with Crippen molar-refractivity contribution in [3.05, 3.63) is 41.5 Å². The van der Waals surface area contributed by atoms with E-state index < -0.39 is 6.10 Å². The Labute approximate surface area is 108 Å². The van der Waals surface area contributed by atoms with Crippen LogP contribution in [0.3, 0.4) is 0 Å². The van der Waals surface area contributed by atoms with Gasteiger partial charge in [0.1, 0.15) is 11.1 Å². The Bertz CT molecular complexity index is 673. The molecule has 1 aromatic carbocycles. The van der Waals surface area contributed by atoms with E-state index >= 15 is 0 Å². The van der Waals surface area contributed by atoms with Crippen molar-refractivity contribution in [2.24, 2.45) is 5.73 Å². The largest absolute Gasteiger partial charge is 0.385 e. The van der Waals surface area contributed by atoms with E-state index in [4.69, 9.17) is 5.73 Å². The molecule has 0 bridgehead atoms. The van der Waals surface area contributed by atoms with Gasteiger partial charge in [-0.15, -0.1) is 11.3 Å². The second-order valence-electron chi connectivity index (χ2n) is 4.08. The van der Waals surface area contributed by atoms with Crippen LogP contribution in [0.25, 0.3) is 21.5 Å². The van der Waals surface area contributed by atoms with Crippen LogP contribution in [0.1, 0.15) is 11.8 Å². The summed E-state index contributed by atoms with van der Waals surface area (Å²) < 4.78 is 0. The summed E-state index contributed by atoms with van der Waals surface area (Å²) in [5.41, 5.74) is 8.22. The Balaban J connectivity index is 2.07. The summed E-state index contributed by atoms with van der Waals surface area (Å²) in [5, 5.41) is 13.6. The van der Waals surface area contributed by atoms with Crippen molar-refractivity contribution in [1.82, 2.24) is 9.97 Å². The first-order valence-corrected chi connectivity index (χ1v) is 6.57. The van der Waals surface area contributed by atoms with Crippen LogP contribution in [-0.2, 0) is 0 Å². The molecule has 5 heteroatoms. The molecule has 1 atom stereocenters. The van der Waals surface area contributed by atoms with E-state index in [1.54, 1.807) is 0 Å². The molecule has 1 unspecified atom stereocenters. The molecule has 92 valence electrons. The average molecular weight is 259 g/mol. The fourth-order valence-corrected chi connectivity index (χ4v) is 2.83. The Kier molecular flexibility index (Phi) is 2.87. The van der Waals surface area contributed by atoms with Gasteiger partial charge in [-0.2, -0.15) is 0 Å². The molecule has 2 heterocycles. The second-order valence-corrected chi connectivity index (χ2v) is 4.94. The summed E-state index contributed by atoms with van der Waals surface area (Å²) in [6, 6.07) is 8.08. The van der Waals surface area contributed by atoms with Crippen molar-refractivity contribution >= 4 is 22.2 Å². The smallest absolute Gasteiger partial charge is 0.125 e. The topological polar surface area (TPSA) is 74.9 Å². The fraction of sp³-hybridized carbons (Fsp3) is 0.154. The molecule has 0 spiro atoms. The highest BCUT2D eigenvalue weighted by molar-refractivity contribution is 7.13. The normalized spacial score (nSPS) is 13.0. The number of aliphatic hydroxyl groups is 1. The molecule has 0 amide bonds. The van der Waals surface area contributed by atoms with Gasteiger partial charge < -0.3 is 15.8 Å². The minimum absolute atomic E-state index is 0.192. The van der Waals surface area contributed by atoms with Crippen LogP contribution in [0.4, 0.5) is 0 Å². The highest BCUT2D eigenvalue weighted by Crippen LogP contribution is 2.31. The van der Waals surface area contributed by atoms with Crippen LogP contribution in [0.2, 0.25) is 0 Å². The van der Waals surface area contributed by atoms with E-state index in [0.29, 0.717) is 5.69 Å². The average Bonchev–Trinajstić information content (AvgIpc) is 3.03. The second kappa shape index (κ2) is 4.53. The number of benzene rings is 1. The first-order chi connectivity index (χ1) is 8.79. The molecule has 0 fully saturated rings. The number of rotatable bonds is 3. The van der Waals surface area contributed by atoms with E-state index in [1.165, 1.54) is 11.3 Å². The summed E-state index contributed by atoms with van der Waals surface area (Å²) >= 11 is 1.52. The first kappa shape index (κ1) is 11.4. The molecule has 0 aliphatic carbocycles. The number of nitrogens with two attached hydrogens (primary N) is 1. The van der Waals surface area contributed by atoms with Crippen LogP contribution >= 0.6 is 11.3 Å². The maximum atomic E-state index is 9.66. The number of hydrogen-bond donors (Lipinski definition) is 3. The Morgan fingerprint density at radius 2 is 2.22 bits per heavy atom. The van der Waals surface area contributed by atoms with Crippen LogP contribution in [0.15, 0.2) is 35.8 Å². The summed E-state index contributed by atoms with van der Waals surface area (Å²) in [6.07, 6.45) is 1.27. The predicted octanol–water partition coefficient (Wildman–Crippen LogP) is 2.28. The molecule has 0 aliphatic heterocycles. The lowest BCUT2D eigenvalue weighted by Gasteiger charge is -2.01. The number of nitrogens with one attached hydrogen (secondary N) is 1. The standard InChI is InChI=1S/C13H13N3OS/c14-5-12(17)11-7-18-13(16-11)9-6-15-10-4-2-1-3-8(9)10/h1-4,6-7,12,15,17H,5,14H2. The van der Waals surface area contributed by atoms with E-state index in [1.807, 2.05) is 29.8 Å². The summed E-state index contributed by atoms with van der Waals surface area (Å²) in [6.45, 7) is 0.192. The summed E-state index contributed by atoms with van der Waals surface area (Å²) in [5.74, 6) is 0. The first-order valence-electron chi connectivity index (χ1n) is 5.69. The van der Waals surface area contributed by atoms with Gasteiger partial charge in [-0.05, 0) is 6.07 Å². The number of H-pyrrole nitrogens is 1. The van der Waals surface area contributed by atoms with Crippen LogP contribution in [-0.4, -0.2) is 21.6 Å². The summed E-state index contributed by atoms with van der Waals surface area (Å²) in [7, 11) is 0. The van der Waals surface area contributed by atoms with Crippen LogP contribution in [0, 0.1) is 0 Å². The fourth-order valence-electron chi connectivity index (χ4n) is 1.93. The molecule has 3 rings (SSSR count). The number of aromatic nitrogens is 2. The third-order valence-electron chi connectivity index (χ3n) is 2.91. The van der Waals surface area contributed by atoms with Gasteiger partial charge in [0, 0.05) is 34.6 Å². The third kappa shape index (κ3) is 1.82. The number of fused-ring (bicyclic) bond motifs is 1. The van der Waals surface area contributed by atoms with E-state index in [-0.39, 0.29) is 6.54 Å². The van der Waals surface area contributed by atoms with Crippen molar-refractivity contribution in [2.75, 3.05) is 6.54 Å². The van der Waals surface area contributed by atoms with E-state index in [2.05, 4.69) is 16.0 Å². The number of nitrogens with zero attached hydrogens (tertiary/aromatic N) is 1. The minimum Gasteiger partial charge on any atom is -0.385 e. The Morgan fingerprint density at radius 3 is 3.06 bits per heavy atom. The number of hydrogen-bond acceptors (Lipinski definition) is 4. The zero-order valence-corrected chi connectivity index (χ0v) is 10.4. The molecule has 0 saturated carbocycles. The van der Waals surface area contributed by atoms with Crippen LogP contribution < -0.4 is 5.73 Å². The molecule has 3 aromatic rings. The lowest BCUT2D eigenvalue weighted by molar-refractivity contribution is 0.182. The minimum atomic E-state index is -0.680. The molecular weight excluding hydrogens is 246 g/mol. The van der Waals surface area contributed by atoms with Gasteiger partial charge in [-0.25, -0.2) is 4.98 Å². The Hall–Kier alpha value is -1.69. The number of aliphatic hydroxyl groups excluding tert-OH is 1. The third-order valence-corrected chi connectivity index (χ3v) is 3.80. The van der Waals surface area contributed by atoms with Gasteiger partial charge in [0.25, 0.3) is 0 Å². The number of thiazole rings is 1. The van der Waals surface area contributed by atoms with Gasteiger partial charge >= 0.3 is 0 Å². The van der Waals surface area contributed by atoms with Crippen molar-refractivity contribution in [1.29, 1.82) is 0 Å². The molecule has 0 aliphatic rings. The van der Waals surface area contributed by atoms with Crippen molar-refractivity contribution in [3.8, 4) is 10.6 Å². The lowest BCUT2D eigenvalue weighted by Crippen LogP contribution is -2.11. The van der Waals surface area contributed by atoms with Gasteiger partial charge in [0.15, 0.2) is 0 Å².